The van der Waals surface area contributed by atoms with Crippen LogP contribution in [0, 0.1) is 0 Å². The molecule has 0 saturated carbocycles. The van der Waals surface area contributed by atoms with Crippen molar-refractivity contribution in [1.82, 2.24) is 5.32 Å². The summed E-state index contributed by atoms with van der Waals surface area (Å²) in [7, 11) is 1.50. The third-order valence-corrected chi connectivity index (χ3v) is 4.53. The minimum absolute atomic E-state index is 0.0582. The predicted molar refractivity (Wildman–Crippen MR) is 106 cm³/mol. The van der Waals surface area contributed by atoms with Gasteiger partial charge in [0.05, 0.1) is 7.11 Å². The maximum atomic E-state index is 12.4. The van der Waals surface area contributed by atoms with Crippen molar-refractivity contribution in [3.63, 3.8) is 0 Å². The Morgan fingerprint density at radius 2 is 1.78 bits per heavy atom. The molecule has 0 aliphatic heterocycles. The van der Waals surface area contributed by atoms with Gasteiger partial charge in [-0.05, 0) is 44.0 Å². The summed E-state index contributed by atoms with van der Waals surface area (Å²) in [4.78, 5) is 23.9. The van der Waals surface area contributed by atoms with Gasteiger partial charge in [0.2, 0.25) is 0 Å². The zero-order chi connectivity index (χ0) is 19.8. The molecule has 5 nitrogen and oxygen atoms in total. The number of carbonyl (C=O) groups is 2. The van der Waals surface area contributed by atoms with Crippen molar-refractivity contribution in [1.29, 1.82) is 0 Å². The zero-order valence-corrected chi connectivity index (χ0v) is 16.3. The normalized spacial score (nSPS) is 12.7. The van der Waals surface area contributed by atoms with Crippen LogP contribution in [-0.4, -0.2) is 31.4 Å². The van der Waals surface area contributed by atoms with Gasteiger partial charge >= 0.3 is 0 Å². The second kappa shape index (κ2) is 9.76. The molecule has 1 N–H and O–H groups in total. The lowest BCUT2D eigenvalue weighted by Gasteiger charge is -2.20. The first-order valence-electron chi connectivity index (χ1n) is 9.14. The molecule has 0 aliphatic carbocycles. The van der Waals surface area contributed by atoms with Crippen molar-refractivity contribution in [3.05, 3.63) is 59.7 Å². The third kappa shape index (κ3) is 5.58. The van der Waals surface area contributed by atoms with Gasteiger partial charge in [0, 0.05) is 18.0 Å². The Balaban J connectivity index is 1.98. The molecule has 2 aromatic rings. The van der Waals surface area contributed by atoms with Gasteiger partial charge in [-0.25, -0.2) is 0 Å². The van der Waals surface area contributed by atoms with E-state index in [-0.39, 0.29) is 17.6 Å². The molecule has 0 fully saturated rings. The van der Waals surface area contributed by atoms with Crippen LogP contribution in [-0.2, 0) is 4.79 Å². The van der Waals surface area contributed by atoms with Crippen LogP contribution in [0.3, 0.4) is 0 Å². The second-order valence-corrected chi connectivity index (χ2v) is 6.44. The smallest absolute Gasteiger partial charge is 0.260 e. The molecular formula is C22H27NO4. The average Bonchev–Trinajstić information content (AvgIpc) is 2.69. The van der Waals surface area contributed by atoms with E-state index in [0.717, 1.165) is 6.42 Å². The molecule has 0 spiro atoms. The van der Waals surface area contributed by atoms with Gasteiger partial charge in [-0.15, -0.1) is 0 Å². The number of methoxy groups -OCH3 is 1. The minimum atomic E-state index is -0.685. The topological polar surface area (TPSA) is 64.6 Å². The Bertz CT molecular complexity index is 773. The zero-order valence-electron chi connectivity index (χ0n) is 16.3. The molecule has 0 unspecified atom stereocenters. The van der Waals surface area contributed by atoms with Crippen molar-refractivity contribution in [3.8, 4) is 11.5 Å². The van der Waals surface area contributed by atoms with Gasteiger partial charge < -0.3 is 14.8 Å². The monoisotopic (exact) mass is 369 g/mol. The molecule has 2 rings (SSSR count). The van der Waals surface area contributed by atoms with Crippen LogP contribution in [0.1, 0.15) is 49.0 Å². The van der Waals surface area contributed by atoms with E-state index in [9.17, 15) is 9.59 Å². The summed E-state index contributed by atoms with van der Waals surface area (Å²) in [5.74, 6) is 0.865. The molecule has 0 saturated heterocycles. The lowest BCUT2D eigenvalue weighted by atomic mass is 9.96. The van der Waals surface area contributed by atoms with E-state index in [4.69, 9.17) is 9.47 Å². The molecule has 5 heteroatoms. The summed E-state index contributed by atoms with van der Waals surface area (Å²) in [6.07, 6.45) is 0.246. The lowest BCUT2D eigenvalue weighted by Crippen LogP contribution is -2.38. The molecule has 0 bridgehead atoms. The van der Waals surface area contributed by atoms with E-state index >= 15 is 0 Å². The third-order valence-electron chi connectivity index (χ3n) is 4.53. The summed E-state index contributed by atoms with van der Waals surface area (Å²) in [5, 5.41) is 2.96. The van der Waals surface area contributed by atoms with Crippen molar-refractivity contribution in [2.24, 2.45) is 0 Å². The van der Waals surface area contributed by atoms with Crippen LogP contribution in [0.25, 0.3) is 0 Å². The Labute approximate surface area is 160 Å². The lowest BCUT2D eigenvalue weighted by molar-refractivity contribution is -0.127. The number of nitrogens with one attached hydrogen (secondary N) is 1. The van der Waals surface area contributed by atoms with Crippen LogP contribution in [0.15, 0.2) is 48.5 Å². The van der Waals surface area contributed by atoms with E-state index in [0.29, 0.717) is 23.6 Å². The van der Waals surface area contributed by atoms with Crippen LogP contribution >= 0.6 is 0 Å². The number of hydrogen-bond donors (Lipinski definition) is 1. The highest BCUT2D eigenvalue weighted by Gasteiger charge is 2.19. The average molecular weight is 369 g/mol. The minimum Gasteiger partial charge on any atom is -0.493 e. The van der Waals surface area contributed by atoms with Gasteiger partial charge in [0.15, 0.2) is 23.4 Å². The number of rotatable bonds is 9. The molecule has 144 valence electrons. The Morgan fingerprint density at radius 3 is 2.37 bits per heavy atom. The summed E-state index contributed by atoms with van der Waals surface area (Å²) in [5.41, 5.74) is 1.74. The highest BCUT2D eigenvalue weighted by atomic mass is 16.5. The first-order chi connectivity index (χ1) is 13.0. The van der Waals surface area contributed by atoms with E-state index in [1.807, 2.05) is 18.2 Å². The molecule has 27 heavy (non-hydrogen) atoms. The molecule has 0 aromatic heterocycles. The van der Waals surface area contributed by atoms with Crippen LogP contribution < -0.4 is 14.8 Å². The SMILES string of the molecule is CC[C@H](CNC(=O)[C@H](C)Oc1ccc(C(C)=O)cc1OC)c1ccccc1. The number of Topliss-reactive ketones (excluding diaryl/α,β-unsaturated/α-hetero) is 1. The summed E-state index contributed by atoms with van der Waals surface area (Å²) in [6.45, 7) is 5.83. The molecule has 0 heterocycles. The Hall–Kier alpha value is -2.82. The van der Waals surface area contributed by atoms with E-state index in [1.165, 1.54) is 19.6 Å². The quantitative estimate of drug-likeness (QED) is 0.679. The predicted octanol–water partition coefficient (Wildman–Crippen LogP) is 3.98. The highest BCUT2D eigenvalue weighted by Crippen LogP contribution is 2.29. The van der Waals surface area contributed by atoms with Gasteiger partial charge in [0.1, 0.15) is 0 Å². The fourth-order valence-electron chi connectivity index (χ4n) is 2.82. The summed E-state index contributed by atoms with van der Waals surface area (Å²) < 4.78 is 11.0. The molecule has 0 radical (unpaired) electrons. The highest BCUT2D eigenvalue weighted by molar-refractivity contribution is 5.94. The summed E-state index contributed by atoms with van der Waals surface area (Å²) >= 11 is 0. The number of ether oxygens (including phenoxy) is 2. The molecule has 2 atom stereocenters. The standard InChI is InChI=1S/C22H27NO4/c1-5-17(18-9-7-6-8-10-18)14-23-22(25)16(3)27-20-12-11-19(15(2)24)13-21(20)26-4/h6-13,16-17H,5,14H2,1-4H3,(H,23,25)/t16-,17+/m0/s1. The summed E-state index contributed by atoms with van der Waals surface area (Å²) in [6, 6.07) is 15.1. The van der Waals surface area contributed by atoms with Crippen LogP contribution in [0.5, 0.6) is 11.5 Å². The Kier molecular flexibility index (Phi) is 7.41. The van der Waals surface area contributed by atoms with Gasteiger partial charge in [-0.3, -0.25) is 9.59 Å². The number of ketones is 1. The largest absolute Gasteiger partial charge is 0.493 e. The van der Waals surface area contributed by atoms with Crippen LogP contribution in [0.2, 0.25) is 0 Å². The van der Waals surface area contributed by atoms with E-state index in [1.54, 1.807) is 25.1 Å². The molecular weight excluding hydrogens is 342 g/mol. The van der Waals surface area contributed by atoms with E-state index < -0.39 is 6.10 Å². The molecule has 0 aliphatic rings. The molecule has 1 amide bonds. The second-order valence-electron chi connectivity index (χ2n) is 6.44. The fraction of sp³-hybridized carbons (Fsp3) is 0.364. The number of hydrogen-bond acceptors (Lipinski definition) is 4. The maximum absolute atomic E-state index is 12.4. The number of benzene rings is 2. The first-order valence-corrected chi connectivity index (χ1v) is 9.14. The number of carbonyl (C=O) groups excluding carboxylic acids is 2. The van der Waals surface area contributed by atoms with Gasteiger partial charge in [-0.1, -0.05) is 37.3 Å². The molecule has 2 aromatic carbocycles. The van der Waals surface area contributed by atoms with Crippen molar-refractivity contribution in [2.45, 2.75) is 39.2 Å². The Morgan fingerprint density at radius 1 is 1.07 bits per heavy atom. The number of amides is 1. The van der Waals surface area contributed by atoms with Crippen molar-refractivity contribution < 1.29 is 19.1 Å². The van der Waals surface area contributed by atoms with Gasteiger partial charge in [0.25, 0.3) is 5.91 Å². The maximum Gasteiger partial charge on any atom is 0.260 e. The van der Waals surface area contributed by atoms with Gasteiger partial charge in [-0.2, -0.15) is 0 Å². The van der Waals surface area contributed by atoms with Crippen LogP contribution in [0.4, 0.5) is 0 Å². The van der Waals surface area contributed by atoms with E-state index in [2.05, 4.69) is 24.4 Å². The fourth-order valence-corrected chi connectivity index (χ4v) is 2.82. The van der Waals surface area contributed by atoms with Crippen molar-refractivity contribution >= 4 is 11.7 Å². The van der Waals surface area contributed by atoms with Crippen molar-refractivity contribution in [2.75, 3.05) is 13.7 Å². The first kappa shape index (κ1) is 20.5.